The van der Waals surface area contributed by atoms with Crippen LogP contribution in [0.15, 0.2) is 48.5 Å². The Balaban J connectivity index is 1.57. The van der Waals surface area contributed by atoms with Crippen LogP contribution in [0.1, 0.15) is 0 Å². The smallest absolute Gasteiger partial charge is 0.305 e. The molecule has 8 nitrogen and oxygen atoms in total. The molecule has 0 radical (unpaired) electrons. The van der Waals surface area contributed by atoms with E-state index in [9.17, 15) is 18.4 Å². The number of nitrogens with one attached hydrogen (secondary N) is 2. The van der Waals surface area contributed by atoms with E-state index in [1.54, 1.807) is 0 Å². The summed E-state index contributed by atoms with van der Waals surface area (Å²) in [6.07, 6.45) is 0. The number of aromatic nitrogens is 4. The predicted molar refractivity (Wildman–Crippen MR) is 86.8 cm³/mol. The number of anilines is 1. The summed E-state index contributed by atoms with van der Waals surface area (Å²) in [4.78, 5) is 24.5. The van der Waals surface area contributed by atoms with Gasteiger partial charge in [0.25, 0.3) is 5.91 Å². The summed E-state index contributed by atoms with van der Waals surface area (Å²) in [6.45, 7) is -0.376. The van der Waals surface area contributed by atoms with Gasteiger partial charge < -0.3 is 5.32 Å². The number of nitrogens with zero attached hydrogens (tertiary/aromatic N) is 4. The fraction of sp³-hybridized carbons (Fsp3) is 0.0625. The van der Waals surface area contributed by atoms with Crippen molar-refractivity contribution in [3.8, 4) is 11.4 Å². The Labute approximate surface area is 145 Å². The summed E-state index contributed by atoms with van der Waals surface area (Å²) in [7, 11) is 0. The van der Waals surface area contributed by atoms with Gasteiger partial charge in [0.15, 0.2) is 0 Å². The van der Waals surface area contributed by atoms with Gasteiger partial charge in [-0.2, -0.15) is 4.80 Å². The molecule has 0 fully saturated rings. The Kier molecular flexibility index (Phi) is 4.92. The van der Waals surface area contributed by atoms with Crippen LogP contribution in [-0.4, -0.2) is 32.1 Å². The summed E-state index contributed by atoms with van der Waals surface area (Å²) >= 11 is 0. The molecule has 1 heterocycles. The maximum atomic E-state index is 13.4. The number of hydrogen-bond acceptors (Lipinski definition) is 5. The fourth-order valence-electron chi connectivity index (χ4n) is 2.04. The third-order valence-corrected chi connectivity index (χ3v) is 3.22. The largest absolute Gasteiger partial charge is 0.326 e. The van der Waals surface area contributed by atoms with Crippen LogP contribution < -0.4 is 10.6 Å². The molecule has 10 heteroatoms. The van der Waals surface area contributed by atoms with E-state index in [-0.39, 0.29) is 18.1 Å². The summed E-state index contributed by atoms with van der Waals surface area (Å²) in [5.41, 5.74) is 0.464. The van der Waals surface area contributed by atoms with Crippen LogP contribution in [-0.2, 0) is 11.3 Å². The van der Waals surface area contributed by atoms with Crippen LogP contribution in [0.4, 0.5) is 19.3 Å². The first-order valence-corrected chi connectivity index (χ1v) is 7.40. The molecule has 2 aromatic carbocycles. The second-order valence-corrected chi connectivity index (χ2v) is 5.13. The van der Waals surface area contributed by atoms with E-state index >= 15 is 0 Å². The zero-order chi connectivity index (χ0) is 18.5. The molecule has 0 saturated carbocycles. The lowest BCUT2D eigenvalue weighted by atomic mass is 10.2. The van der Waals surface area contributed by atoms with Gasteiger partial charge in [0.1, 0.15) is 18.2 Å². The number of amides is 3. The number of rotatable bonds is 4. The number of hydrogen-bond donors (Lipinski definition) is 2. The van der Waals surface area contributed by atoms with E-state index in [0.29, 0.717) is 5.56 Å². The average Bonchev–Trinajstić information content (AvgIpc) is 3.05. The van der Waals surface area contributed by atoms with Crippen LogP contribution in [0.2, 0.25) is 0 Å². The summed E-state index contributed by atoms with van der Waals surface area (Å²) in [5, 5.41) is 15.7. The normalized spacial score (nSPS) is 10.4. The first-order valence-electron chi connectivity index (χ1n) is 7.40. The molecular formula is C16H12F2N6O2. The van der Waals surface area contributed by atoms with Crippen molar-refractivity contribution in [2.45, 2.75) is 6.54 Å². The molecule has 0 aliphatic rings. The minimum atomic E-state index is -0.890. The van der Waals surface area contributed by atoms with E-state index in [1.807, 2.05) is 5.32 Å². The first kappa shape index (κ1) is 17.1. The molecule has 1 aromatic heterocycles. The van der Waals surface area contributed by atoms with Crippen molar-refractivity contribution >= 4 is 17.6 Å². The Morgan fingerprint density at radius 2 is 1.77 bits per heavy atom. The van der Waals surface area contributed by atoms with Crippen LogP contribution in [0, 0.1) is 11.6 Å². The highest BCUT2D eigenvalue weighted by Gasteiger charge is 2.13. The highest BCUT2D eigenvalue weighted by Crippen LogP contribution is 2.14. The summed E-state index contributed by atoms with van der Waals surface area (Å²) < 4.78 is 26.3. The molecule has 0 aliphatic carbocycles. The Bertz CT molecular complexity index is 942. The number of urea groups is 1. The molecule has 0 aliphatic heterocycles. The quantitative estimate of drug-likeness (QED) is 0.742. The lowest BCUT2D eigenvalue weighted by Gasteiger charge is -2.06. The standard InChI is InChI=1S/C16H12F2N6O2/c17-11-7-5-10(6-8-11)15-21-23-24(22-15)9-14(25)20-16(26)19-13-4-2-1-3-12(13)18/h1-8H,9H2,(H2,19,20,25,26). The van der Waals surface area contributed by atoms with E-state index in [1.165, 1.54) is 48.5 Å². The third kappa shape index (κ3) is 4.23. The number of benzene rings is 2. The molecular weight excluding hydrogens is 346 g/mol. The lowest BCUT2D eigenvalue weighted by molar-refractivity contribution is -0.120. The molecule has 0 atom stereocenters. The van der Waals surface area contributed by atoms with Gasteiger partial charge in [-0.1, -0.05) is 12.1 Å². The predicted octanol–water partition coefficient (Wildman–Crippen LogP) is 1.97. The van der Waals surface area contributed by atoms with Crippen molar-refractivity contribution in [2.24, 2.45) is 0 Å². The number of carbonyl (C=O) groups is 2. The second-order valence-electron chi connectivity index (χ2n) is 5.13. The van der Waals surface area contributed by atoms with Crippen LogP contribution in [0.5, 0.6) is 0 Å². The minimum Gasteiger partial charge on any atom is -0.305 e. The zero-order valence-electron chi connectivity index (χ0n) is 13.2. The SMILES string of the molecule is O=C(Cn1nnc(-c2ccc(F)cc2)n1)NC(=O)Nc1ccccc1F. The summed E-state index contributed by atoms with van der Waals surface area (Å²) in [6, 6.07) is 10.1. The highest BCUT2D eigenvalue weighted by atomic mass is 19.1. The zero-order valence-corrected chi connectivity index (χ0v) is 13.2. The number of carbonyl (C=O) groups excluding carboxylic acids is 2. The molecule has 0 saturated heterocycles. The molecule has 3 amide bonds. The monoisotopic (exact) mass is 358 g/mol. The van der Waals surface area contributed by atoms with Gasteiger partial charge in [-0.25, -0.2) is 13.6 Å². The minimum absolute atomic E-state index is 0.0599. The van der Waals surface area contributed by atoms with Gasteiger partial charge in [0.2, 0.25) is 5.82 Å². The average molecular weight is 358 g/mol. The number of tetrazole rings is 1. The van der Waals surface area contributed by atoms with Crippen molar-refractivity contribution < 1.29 is 18.4 Å². The maximum Gasteiger partial charge on any atom is 0.326 e. The molecule has 0 bridgehead atoms. The third-order valence-electron chi connectivity index (χ3n) is 3.22. The van der Waals surface area contributed by atoms with Crippen molar-refractivity contribution in [2.75, 3.05) is 5.32 Å². The first-order chi connectivity index (χ1) is 12.5. The lowest BCUT2D eigenvalue weighted by Crippen LogP contribution is -2.37. The number of para-hydroxylation sites is 1. The molecule has 0 spiro atoms. The molecule has 26 heavy (non-hydrogen) atoms. The van der Waals surface area contributed by atoms with Gasteiger partial charge >= 0.3 is 6.03 Å². The second kappa shape index (κ2) is 7.47. The highest BCUT2D eigenvalue weighted by molar-refractivity contribution is 6.01. The topological polar surface area (TPSA) is 102 Å². The van der Waals surface area contributed by atoms with Gasteiger partial charge in [0, 0.05) is 5.56 Å². The molecule has 2 N–H and O–H groups in total. The Morgan fingerprint density at radius 1 is 1.04 bits per heavy atom. The van der Waals surface area contributed by atoms with E-state index in [0.717, 1.165) is 4.80 Å². The number of imide groups is 1. The maximum absolute atomic E-state index is 13.4. The van der Waals surface area contributed by atoms with Crippen molar-refractivity contribution in [1.82, 2.24) is 25.5 Å². The van der Waals surface area contributed by atoms with Crippen LogP contribution in [0.3, 0.4) is 0 Å². The Hall–Kier alpha value is -3.69. The van der Waals surface area contributed by atoms with Gasteiger partial charge in [-0.05, 0) is 41.6 Å². The summed E-state index contributed by atoms with van der Waals surface area (Å²) in [5.74, 6) is -1.55. The number of halogens is 2. The van der Waals surface area contributed by atoms with Crippen molar-refractivity contribution in [1.29, 1.82) is 0 Å². The van der Waals surface area contributed by atoms with Crippen LogP contribution >= 0.6 is 0 Å². The van der Waals surface area contributed by atoms with Crippen molar-refractivity contribution in [3.05, 3.63) is 60.2 Å². The van der Waals surface area contributed by atoms with Crippen molar-refractivity contribution in [3.63, 3.8) is 0 Å². The van der Waals surface area contributed by atoms with Crippen LogP contribution in [0.25, 0.3) is 11.4 Å². The van der Waals surface area contributed by atoms with E-state index in [2.05, 4.69) is 20.7 Å². The van der Waals surface area contributed by atoms with Gasteiger partial charge in [0.05, 0.1) is 5.69 Å². The van der Waals surface area contributed by atoms with E-state index < -0.39 is 23.6 Å². The fourth-order valence-corrected chi connectivity index (χ4v) is 2.04. The molecule has 3 aromatic rings. The molecule has 132 valence electrons. The Morgan fingerprint density at radius 3 is 2.50 bits per heavy atom. The van der Waals surface area contributed by atoms with Gasteiger partial charge in [-0.15, -0.1) is 10.2 Å². The van der Waals surface area contributed by atoms with Gasteiger partial charge in [-0.3, -0.25) is 10.1 Å². The molecule has 0 unspecified atom stereocenters. The molecule has 3 rings (SSSR count). The van der Waals surface area contributed by atoms with E-state index in [4.69, 9.17) is 0 Å².